The fraction of sp³-hybridized carbons (Fsp3) is 0.906. The van der Waals surface area contributed by atoms with Gasteiger partial charge in [-0.1, -0.05) is 199 Å². The second kappa shape index (κ2) is 42.9. The molecule has 0 saturated carbocycles. The number of ether oxygens (including phenoxy) is 2. The molecule has 1 fully saturated rings. The summed E-state index contributed by atoms with van der Waals surface area (Å²) in [5.74, 6) is -0.709. The van der Waals surface area contributed by atoms with Crippen LogP contribution in [0.15, 0.2) is 24.3 Å². The lowest BCUT2D eigenvalue weighted by Gasteiger charge is -2.40. The molecule has 11 heteroatoms. The van der Waals surface area contributed by atoms with Crippen molar-refractivity contribution in [3.8, 4) is 0 Å². The van der Waals surface area contributed by atoms with Crippen molar-refractivity contribution >= 4 is 5.91 Å². The Labute approximate surface area is 391 Å². The van der Waals surface area contributed by atoms with Crippen molar-refractivity contribution in [2.45, 2.75) is 294 Å². The molecule has 1 heterocycles. The van der Waals surface area contributed by atoms with Gasteiger partial charge in [0.1, 0.15) is 36.6 Å². The van der Waals surface area contributed by atoms with Crippen LogP contribution in [0.25, 0.3) is 0 Å². The van der Waals surface area contributed by atoms with Gasteiger partial charge in [-0.3, -0.25) is 4.79 Å². The molecule has 0 aromatic heterocycles. The van der Waals surface area contributed by atoms with Gasteiger partial charge in [0.05, 0.1) is 25.4 Å². The number of hydrogen-bond acceptors (Lipinski definition) is 10. The summed E-state index contributed by atoms with van der Waals surface area (Å²) in [6, 6.07) is -1.19. The Morgan fingerprint density at radius 3 is 1.34 bits per heavy atom. The highest BCUT2D eigenvalue weighted by Crippen LogP contribution is 2.23. The number of carbonyl (C=O) groups excluding carboxylic acids is 1. The molecule has 0 radical (unpaired) electrons. The quantitative estimate of drug-likeness (QED) is 0.0216. The van der Waals surface area contributed by atoms with E-state index in [9.17, 15) is 40.5 Å². The van der Waals surface area contributed by atoms with Crippen molar-refractivity contribution in [2.24, 2.45) is 0 Å². The van der Waals surface area contributed by atoms with Gasteiger partial charge in [-0.25, -0.2) is 0 Å². The summed E-state index contributed by atoms with van der Waals surface area (Å²) < 4.78 is 11.1. The molecule has 1 rings (SSSR count). The summed E-state index contributed by atoms with van der Waals surface area (Å²) in [4.78, 5) is 13.1. The maximum Gasteiger partial charge on any atom is 0.249 e. The summed E-state index contributed by atoms with van der Waals surface area (Å²) in [5, 5.41) is 75.9. The lowest BCUT2D eigenvalue weighted by atomic mass is 9.98. The number of aliphatic hydroxyl groups is 7. The van der Waals surface area contributed by atoms with E-state index in [0.29, 0.717) is 12.8 Å². The maximum absolute atomic E-state index is 13.1. The van der Waals surface area contributed by atoms with E-state index in [0.717, 1.165) is 57.8 Å². The molecule has 0 bridgehead atoms. The van der Waals surface area contributed by atoms with Crippen LogP contribution in [0.4, 0.5) is 0 Å². The van der Waals surface area contributed by atoms with Crippen LogP contribution in [0.1, 0.15) is 239 Å². The van der Waals surface area contributed by atoms with Crippen LogP contribution in [-0.4, -0.2) is 110 Å². The molecule has 11 nitrogen and oxygen atoms in total. The van der Waals surface area contributed by atoms with Crippen molar-refractivity contribution in [1.82, 2.24) is 5.32 Å². The third-order valence-electron chi connectivity index (χ3n) is 13.0. The lowest BCUT2D eigenvalue weighted by Crippen LogP contribution is -2.60. The van der Waals surface area contributed by atoms with E-state index in [1.54, 1.807) is 0 Å². The minimum atomic E-state index is -1.67. The number of amides is 1. The third-order valence-corrected chi connectivity index (χ3v) is 13.0. The van der Waals surface area contributed by atoms with Crippen LogP contribution in [0.3, 0.4) is 0 Å². The van der Waals surface area contributed by atoms with Crippen molar-refractivity contribution in [3.63, 3.8) is 0 Å². The Hall–Kier alpha value is -1.41. The van der Waals surface area contributed by atoms with Crippen LogP contribution in [0, 0.1) is 0 Å². The minimum Gasteiger partial charge on any atom is -0.394 e. The molecule has 1 aliphatic heterocycles. The molecular formula is C53H101NO10. The molecule has 8 N–H and O–H groups in total. The van der Waals surface area contributed by atoms with Crippen LogP contribution in [0.2, 0.25) is 0 Å². The normalized spacial score (nSPS) is 21.2. The number of allylic oxidation sites excluding steroid dienone is 4. The average Bonchev–Trinajstić information content (AvgIpc) is 3.29. The summed E-state index contributed by atoms with van der Waals surface area (Å²) in [5.41, 5.74) is 0. The van der Waals surface area contributed by atoms with E-state index in [1.165, 1.54) is 141 Å². The Morgan fingerprint density at radius 1 is 0.531 bits per heavy atom. The van der Waals surface area contributed by atoms with E-state index < -0.39 is 74.2 Å². The SMILES string of the molecule is CCCCCCCCCCCC/C=C\CCCCCCCCC(O)C(=O)NC(COC1OC(CO)C(O)C(O)C1O)C(O)C(O)CCC/C=C/CCCCCCCCCCCCCC. The van der Waals surface area contributed by atoms with Crippen molar-refractivity contribution in [2.75, 3.05) is 13.2 Å². The Morgan fingerprint density at radius 2 is 0.922 bits per heavy atom. The maximum atomic E-state index is 13.1. The summed E-state index contributed by atoms with van der Waals surface area (Å²) >= 11 is 0. The highest BCUT2D eigenvalue weighted by Gasteiger charge is 2.44. The zero-order valence-electron chi connectivity index (χ0n) is 41.0. The molecule has 0 aromatic rings. The fourth-order valence-electron chi connectivity index (χ4n) is 8.55. The van der Waals surface area contributed by atoms with Gasteiger partial charge in [-0.15, -0.1) is 0 Å². The van der Waals surface area contributed by atoms with Gasteiger partial charge in [-0.05, 0) is 64.2 Å². The van der Waals surface area contributed by atoms with Crippen molar-refractivity contribution in [3.05, 3.63) is 24.3 Å². The molecular weight excluding hydrogens is 811 g/mol. The molecule has 0 aliphatic carbocycles. The minimum absolute atomic E-state index is 0.248. The Balaban J connectivity index is 2.39. The summed E-state index contributed by atoms with van der Waals surface area (Å²) in [7, 11) is 0. The number of carbonyl (C=O) groups is 1. The Bertz CT molecular complexity index is 1090. The number of unbranched alkanes of at least 4 members (excludes halogenated alkanes) is 29. The molecule has 1 amide bonds. The summed E-state index contributed by atoms with van der Waals surface area (Å²) in [6.07, 6.45) is 38.0. The van der Waals surface area contributed by atoms with E-state index >= 15 is 0 Å². The van der Waals surface area contributed by atoms with Gasteiger partial charge < -0.3 is 50.5 Å². The van der Waals surface area contributed by atoms with Gasteiger partial charge in [0, 0.05) is 0 Å². The van der Waals surface area contributed by atoms with Crippen LogP contribution in [0.5, 0.6) is 0 Å². The standard InChI is InChI=1S/C53H101NO10/c1-3-5-7-9-11-13-15-17-19-21-22-23-25-27-29-31-33-35-37-39-41-46(57)52(62)54-44(43-63-53-51(61)50(60)49(59)47(42-55)64-53)48(58)45(56)40-38-36-34-32-30-28-26-24-20-18-16-14-12-10-8-6-4-2/h23,25,32,34,44-51,53,55-61H,3-22,24,26-31,33,35-43H2,1-2H3,(H,54,62)/b25-23-,34-32+. The smallest absolute Gasteiger partial charge is 0.249 e. The number of rotatable bonds is 45. The second-order valence-electron chi connectivity index (χ2n) is 18.9. The molecule has 9 atom stereocenters. The lowest BCUT2D eigenvalue weighted by molar-refractivity contribution is -0.303. The van der Waals surface area contributed by atoms with Gasteiger partial charge in [0.25, 0.3) is 0 Å². The first-order chi connectivity index (χ1) is 31.2. The average molecular weight is 912 g/mol. The predicted octanol–water partition coefficient (Wildman–Crippen LogP) is 10.2. The zero-order chi connectivity index (χ0) is 46.9. The van der Waals surface area contributed by atoms with Crippen molar-refractivity contribution < 1.29 is 50.0 Å². The molecule has 1 aliphatic rings. The monoisotopic (exact) mass is 912 g/mol. The van der Waals surface area contributed by atoms with Gasteiger partial charge in [-0.2, -0.15) is 0 Å². The largest absolute Gasteiger partial charge is 0.394 e. The third kappa shape index (κ3) is 31.5. The van der Waals surface area contributed by atoms with Crippen LogP contribution >= 0.6 is 0 Å². The molecule has 0 aromatic carbocycles. The van der Waals surface area contributed by atoms with Gasteiger partial charge >= 0.3 is 0 Å². The zero-order valence-corrected chi connectivity index (χ0v) is 41.0. The first kappa shape index (κ1) is 60.6. The Kier molecular flexibility index (Phi) is 40.6. The first-order valence-corrected chi connectivity index (χ1v) is 26.7. The number of nitrogens with one attached hydrogen (secondary N) is 1. The predicted molar refractivity (Wildman–Crippen MR) is 261 cm³/mol. The summed E-state index contributed by atoms with van der Waals surface area (Å²) in [6.45, 7) is 3.45. The molecule has 0 spiro atoms. The van der Waals surface area contributed by atoms with Crippen LogP contribution in [-0.2, 0) is 14.3 Å². The van der Waals surface area contributed by atoms with E-state index in [1.807, 2.05) is 0 Å². The first-order valence-electron chi connectivity index (χ1n) is 26.7. The van der Waals surface area contributed by atoms with Crippen molar-refractivity contribution in [1.29, 1.82) is 0 Å². The highest BCUT2D eigenvalue weighted by molar-refractivity contribution is 5.80. The topological polar surface area (TPSA) is 189 Å². The number of aliphatic hydroxyl groups excluding tert-OH is 7. The van der Waals surface area contributed by atoms with E-state index in [2.05, 4.69) is 43.5 Å². The number of hydrogen-bond donors (Lipinski definition) is 8. The second-order valence-corrected chi connectivity index (χ2v) is 18.9. The van der Waals surface area contributed by atoms with Crippen LogP contribution < -0.4 is 5.32 Å². The van der Waals surface area contributed by atoms with E-state index in [-0.39, 0.29) is 12.8 Å². The van der Waals surface area contributed by atoms with Gasteiger partial charge in [0.2, 0.25) is 5.91 Å². The molecule has 1 saturated heterocycles. The molecule has 9 unspecified atom stereocenters. The van der Waals surface area contributed by atoms with Gasteiger partial charge in [0.15, 0.2) is 6.29 Å². The fourth-order valence-corrected chi connectivity index (χ4v) is 8.55. The molecule has 378 valence electrons. The highest BCUT2D eigenvalue weighted by atomic mass is 16.7. The van der Waals surface area contributed by atoms with E-state index in [4.69, 9.17) is 9.47 Å². The molecule has 64 heavy (non-hydrogen) atoms.